The first kappa shape index (κ1) is 30.6. The van der Waals surface area contributed by atoms with Crippen molar-refractivity contribution in [3.8, 4) is 0 Å². The largest absolute Gasteiger partial charge is 0.455 e. The van der Waals surface area contributed by atoms with Crippen LogP contribution in [0.15, 0.2) is 134 Å². The average Bonchev–Trinajstić information content (AvgIpc) is 3.69. The van der Waals surface area contributed by atoms with E-state index in [1.807, 2.05) is 0 Å². The number of furan rings is 1. The van der Waals surface area contributed by atoms with Crippen LogP contribution in [0.4, 0.5) is 5.69 Å². The van der Waals surface area contributed by atoms with Gasteiger partial charge >= 0.3 is 0 Å². The van der Waals surface area contributed by atoms with Crippen molar-refractivity contribution >= 4 is 33.9 Å². The fourth-order valence-electron chi connectivity index (χ4n) is 12.5. The number of rotatable bonds is 2. The lowest BCUT2D eigenvalue weighted by Crippen LogP contribution is -2.60. The van der Waals surface area contributed by atoms with E-state index in [1.54, 1.807) is 16.7 Å². The van der Waals surface area contributed by atoms with E-state index < -0.39 is 5.54 Å². The van der Waals surface area contributed by atoms with E-state index in [-0.39, 0.29) is 22.2 Å². The van der Waals surface area contributed by atoms with Crippen molar-refractivity contribution < 1.29 is 4.42 Å². The van der Waals surface area contributed by atoms with Gasteiger partial charge in [0, 0.05) is 50.2 Å². The summed E-state index contributed by atoms with van der Waals surface area (Å²) >= 11 is 0. The van der Waals surface area contributed by atoms with Gasteiger partial charge in [0.25, 0.3) is 0 Å². The molecule has 3 aromatic carbocycles. The number of hydrogen-bond acceptors (Lipinski definition) is 2. The fraction of sp³-hybridized carbons (Fsp3) is 0.320. The third kappa shape index (κ3) is 3.28. The van der Waals surface area contributed by atoms with Gasteiger partial charge in [0.1, 0.15) is 5.58 Å². The standard InChI is InChI=1S/C50H45NO/c1-28-26-37(33-19-13-18-31-30-16-10-12-25-40(30)52-45(31)33)50(8)46-42(28)29(2)27-41-48(5,6)36-22-15-24-39(44(36)49(41,46)7)51(50)38-23-14-21-35-43(38)32-17-9-11-20-34(32)47(35,3)4/h9-12,15-18,20-22,24-29H,14,23H2,1-8H3. The highest BCUT2D eigenvalue weighted by molar-refractivity contribution is 6.01. The van der Waals surface area contributed by atoms with Crippen LogP contribution >= 0.6 is 0 Å². The molecule has 4 unspecified atom stereocenters. The normalized spacial score (nSPS) is 29.3. The van der Waals surface area contributed by atoms with Crippen molar-refractivity contribution in [2.45, 2.75) is 90.0 Å². The fourth-order valence-corrected chi connectivity index (χ4v) is 12.5. The van der Waals surface area contributed by atoms with Crippen LogP contribution in [0.5, 0.6) is 0 Å². The molecule has 4 atom stereocenters. The molecule has 4 aromatic rings. The van der Waals surface area contributed by atoms with E-state index in [0.29, 0.717) is 5.92 Å². The maximum atomic E-state index is 6.84. The van der Waals surface area contributed by atoms with Crippen molar-refractivity contribution in [3.63, 3.8) is 0 Å². The van der Waals surface area contributed by atoms with Gasteiger partial charge in [-0.2, -0.15) is 0 Å². The number of para-hydroxylation sites is 1. The minimum atomic E-state index is -0.527. The van der Waals surface area contributed by atoms with Crippen molar-refractivity contribution in [2.75, 3.05) is 4.90 Å². The molecule has 0 N–H and O–H groups in total. The van der Waals surface area contributed by atoms with Crippen molar-refractivity contribution in [1.82, 2.24) is 0 Å². The lowest BCUT2D eigenvalue weighted by atomic mass is 9.51. The Morgan fingerprint density at radius 2 is 1.54 bits per heavy atom. The topological polar surface area (TPSA) is 16.4 Å². The first-order valence-electron chi connectivity index (χ1n) is 19.3. The van der Waals surface area contributed by atoms with Gasteiger partial charge < -0.3 is 9.32 Å². The molecule has 256 valence electrons. The molecular weight excluding hydrogens is 631 g/mol. The monoisotopic (exact) mass is 675 g/mol. The number of anilines is 1. The Morgan fingerprint density at radius 1 is 0.788 bits per heavy atom. The molecule has 0 saturated carbocycles. The predicted molar refractivity (Wildman–Crippen MR) is 214 cm³/mol. The molecule has 2 heterocycles. The molecule has 0 fully saturated rings. The highest BCUT2D eigenvalue weighted by Crippen LogP contribution is 2.71. The van der Waals surface area contributed by atoms with Gasteiger partial charge in [-0.25, -0.2) is 0 Å². The quantitative estimate of drug-likeness (QED) is 0.155. The number of benzene rings is 3. The zero-order valence-electron chi connectivity index (χ0n) is 31.6. The van der Waals surface area contributed by atoms with E-state index in [1.165, 1.54) is 50.4 Å². The van der Waals surface area contributed by atoms with E-state index >= 15 is 0 Å². The second kappa shape index (κ2) is 9.50. The Morgan fingerprint density at radius 3 is 2.38 bits per heavy atom. The molecule has 0 amide bonds. The predicted octanol–water partition coefficient (Wildman–Crippen LogP) is 12.3. The molecule has 1 aliphatic heterocycles. The summed E-state index contributed by atoms with van der Waals surface area (Å²) in [5.41, 5.74) is 26.8. The third-order valence-corrected chi connectivity index (χ3v) is 14.4. The minimum absolute atomic E-state index is 0.0640. The molecule has 2 heteroatoms. The molecule has 0 radical (unpaired) electrons. The Kier molecular flexibility index (Phi) is 5.59. The summed E-state index contributed by atoms with van der Waals surface area (Å²) in [6, 6.07) is 24.8. The second-order valence-electron chi connectivity index (χ2n) is 17.7. The summed E-state index contributed by atoms with van der Waals surface area (Å²) in [6.45, 7) is 19.8. The van der Waals surface area contributed by atoms with Crippen LogP contribution in [0.25, 0.3) is 28.2 Å². The minimum Gasteiger partial charge on any atom is -0.455 e. The van der Waals surface area contributed by atoms with E-state index in [4.69, 9.17) is 4.42 Å². The maximum Gasteiger partial charge on any atom is 0.152 e. The van der Waals surface area contributed by atoms with E-state index in [2.05, 4.69) is 163 Å². The highest BCUT2D eigenvalue weighted by atomic mass is 16.3. The van der Waals surface area contributed by atoms with Gasteiger partial charge in [-0.15, -0.1) is 0 Å². The van der Waals surface area contributed by atoms with Gasteiger partial charge in [0.15, 0.2) is 5.76 Å². The summed E-state index contributed by atoms with van der Waals surface area (Å²) in [4.78, 5) is 2.84. The van der Waals surface area contributed by atoms with Gasteiger partial charge in [0.05, 0.1) is 11.1 Å². The van der Waals surface area contributed by atoms with Crippen LogP contribution in [-0.2, 0) is 16.2 Å². The molecule has 2 nitrogen and oxygen atoms in total. The maximum absolute atomic E-state index is 6.84. The summed E-state index contributed by atoms with van der Waals surface area (Å²) in [5.74, 6) is 1.49. The van der Waals surface area contributed by atoms with Crippen LogP contribution in [0, 0.1) is 11.8 Å². The lowest BCUT2D eigenvalue weighted by Gasteiger charge is -2.61. The van der Waals surface area contributed by atoms with E-state index in [0.717, 1.165) is 40.7 Å². The summed E-state index contributed by atoms with van der Waals surface area (Å²) in [7, 11) is 0. The zero-order valence-corrected chi connectivity index (χ0v) is 31.6. The van der Waals surface area contributed by atoms with E-state index in [9.17, 15) is 0 Å². The first-order valence-corrected chi connectivity index (χ1v) is 19.3. The Labute approximate surface area is 307 Å². The molecule has 7 aliphatic rings. The number of fused-ring (bicyclic) bond motifs is 6. The molecule has 0 spiro atoms. The van der Waals surface area contributed by atoms with Crippen molar-refractivity contribution in [3.05, 3.63) is 164 Å². The van der Waals surface area contributed by atoms with Gasteiger partial charge in [-0.3, -0.25) is 0 Å². The van der Waals surface area contributed by atoms with Crippen LogP contribution in [-0.4, -0.2) is 5.54 Å². The Hall–Kier alpha value is -5.00. The van der Waals surface area contributed by atoms with Gasteiger partial charge in [0.2, 0.25) is 0 Å². The van der Waals surface area contributed by atoms with Crippen LogP contribution in [0.1, 0.15) is 102 Å². The second-order valence-corrected chi connectivity index (χ2v) is 17.7. The van der Waals surface area contributed by atoms with Crippen molar-refractivity contribution in [1.29, 1.82) is 0 Å². The summed E-state index contributed by atoms with van der Waals surface area (Å²) in [5, 5.41) is 1.13. The van der Waals surface area contributed by atoms with Gasteiger partial charge in [-0.1, -0.05) is 131 Å². The summed E-state index contributed by atoms with van der Waals surface area (Å²) in [6.07, 6.45) is 11.8. The van der Waals surface area contributed by atoms with Crippen molar-refractivity contribution in [2.24, 2.45) is 11.8 Å². The highest BCUT2D eigenvalue weighted by Gasteiger charge is 2.66. The number of allylic oxidation sites excluding steroid dienone is 8. The molecule has 0 saturated heterocycles. The number of nitrogens with zero attached hydrogens (tertiary/aromatic N) is 1. The zero-order chi connectivity index (χ0) is 35.7. The first-order chi connectivity index (χ1) is 24.9. The number of hydrogen-bond donors (Lipinski definition) is 0. The molecule has 1 aromatic heterocycles. The molecule has 0 bridgehead atoms. The van der Waals surface area contributed by atoms with Crippen LogP contribution < -0.4 is 4.90 Å². The molecule has 11 rings (SSSR count). The van der Waals surface area contributed by atoms with Crippen LogP contribution in [0.3, 0.4) is 0 Å². The SMILES string of the molecule is CC1C=C2C(C)(C)c3cccc4c3C2(C)C2=C1C(C)C=C(C1=C=C=Cc3c1oc1ccccc31)C2(C)N4C1=C2C(=CCC1)C(C)(C)c1ccccc12. The molecule has 6 aliphatic carbocycles. The third-order valence-electron chi connectivity index (χ3n) is 14.4. The van der Waals surface area contributed by atoms with Gasteiger partial charge in [-0.05, 0) is 95.2 Å². The Bertz CT molecular complexity index is 2660. The Balaban J connectivity index is 1.29. The molecule has 52 heavy (non-hydrogen) atoms. The average molecular weight is 676 g/mol. The summed E-state index contributed by atoms with van der Waals surface area (Å²) < 4.78 is 6.84. The lowest BCUT2D eigenvalue weighted by molar-refractivity contribution is 0.414. The van der Waals surface area contributed by atoms with Crippen LogP contribution in [0.2, 0.25) is 0 Å². The molecular formula is C50H45NO. The smallest absolute Gasteiger partial charge is 0.152 e.